The van der Waals surface area contributed by atoms with Crippen LogP contribution < -0.4 is 10.6 Å². The van der Waals surface area contributed by atoms with Crippen molar-refractivity contribution < 1.29 is 4.79 Å². The van der Waals surface area contributed by atoms with Crippen molar-refractivity contribution in [1.29, 1.82) is 0 Å². The van der Waals surface area contributed by atoms with Crippen LogP contribution in [0.1, 0.15) is 37.2 Å². The van der Waals surface area contributed by atoms with E-state index < -0.39 is 0 Å². The van der Waals surface area contributed by atoms with Crippen LogP contribution in [0.2, 0.25) is 0 Å². The summed E-state index contributed by atoms with van der Waals surface area (Å²) in [6, 6.07) is 5.65. The SMILES string of the molecule is CCCNc1cccc(C(=O)NC(C)CCSC)n1. The minimum Gasteiger partial charge on any atom is -0.370 e. The Bertz CT molecular complexity index is 398. The highest BCUT2D eigenvalue weighted by Crippen LogP contribution is 2.06. The van der Waals surface area contributed by atoms with Crippen LogP contribution in [0.25, 0.3) is 0 Å². The van der Waals surface area contributed by atoms with E-state index in [-0.39, 0.29) is 11.9 Å². The van der Waals surface area contributed by atoms with Crippen molar-refractivity contribution in [1.82, 2.24) is 10.3 Å². The minimum absolute atomic E-state index is 0.103. The Morgan fingerprint density at radius 3 is 2.95 bits per heavy atom. The molecular weight excluding hydrogens is 258 g/mol. The zero-order valence-electron chi connectivity index (χ0n) is 11.9. The molecule has 4 nitrogen and oxygen atoms in total. The van der Waals surface area contributed by atoms with Crippen molar-refractivity contribution in [2.75, 3.05) is 23.9 Å². The van der Waals surface area contributed by atoms with E-state index in [9.17, 15) is 4.79 Å². The van der Waals surface area contributed by atoms with E-state index in [1.807, 2.05) is 19.1 Å². The van der Waals surface area contributed by atoms with Crippen LogP contribution >= 0.6 is 11.8 Å². The van der Waals surface area contributed by atoms with Gasteiger partial charge in [0.15, 0.2) is 0 Å². The van der Waals surface area contributed by atoms with Gasteiger partial charge in [-0.3, -0.25) is 4.79 Å². The summed E-state index contributed by atoms with van der Waals surface area (Å²) < 4.78 is 0. The van der Waals surface area contributed by atoms with Crippen molar-refractivity contribution in [3.8, 4) is 0 Å². The van der Waals surface area contributed by atoms with E-state index in [4.69, 9.17) is 0 Å². The normalized spacial score (nSPS) is 11.9. The zero-order valence-corrected chi connectivity index (χ0v) is 12.7. The second-order valence-electron chi connectivity index (χ2n) is 4.49. The summed E-state index contributed by atoms with van der Waals surface area (Å²) in [6.45, 7) is 4.98. The van der Waals surface area contributed by atoms with Crippen molar-refractivity contribution >= 4 is 23.5 Å². The molecular formula is C14H23N3OS. The van der Waals surface area contributed by atoms with Gasteiger partial charge in [-0.05, 0) is 43.9 Å². The Kier molecular flexibility index (Phi) is 7.33. The monoisotopic (exact) mass is 281 g/mol. The highest BCUT2D eigenvalue weighted by molar-refractivity contribution is 7.98. The average molecular weight is 281 g/mol. The highest BCUT2D eigenvalue weighted by Gasteiger charge is 2.11. The molecule has 1 aromatic heterocycles. The number of nitrogens with one attached hydrogen (secondary N) is 2. The summed E-state index contributed by atoms with van der Waals surface area (Å²) in [5.74, 6) is 1.70. The molecule has 0 fully saturated rings. The Morgan fingerprint density at radius 2 is 2.26 bits per heavy atom. The molecule has 1 rings (SSSR count). The Labute approximate surface area is 119 Å². The molecule has 0 radical (unpaired) electrons. The maximum Gasteiger partial charge on any atom is 0.270 e. The number of anilines is 1. The zero-order chi connectivity index (χ0) is 14.1. The van der Waals surface area contributed by atoms with E-state index >= 15 is 0 Å². The Hall–Kier alpha value is -1.23. The molecule has 1 amide bonds. The van der Waals surface area contributed by atoms with Crippen molar-refractivity contribution in [2.24, 2.45) is 0 Å². The largest absolute Gasteiger partial charge is 0.370 e. The smallest absolute Gasteiger partial charge is 0.270 e. The van der Waals surface area contributed by atoms with Gasteiger partial charge >= 0.3 is 0 Å². The molecule has 19 heavy (non-hydrogen) atoms. The first-order valence-electron chi connectivity index (χ1n) is 6.68. The molecule has 1 unspecified atom stereocenters. The molecule has 0 spiro atoms. The first kappa shape index (κ1) is 15.8. The fourth-order valence-electron chi connectivity index (χ4n) is 1.58. The van der Waals surface area contributed by atoms with Gasteiger partial charge in [0, 0.05) is 12.6 Å². The summed E-state index contributed by atoms with van der Waals surface area (Å²) in [7, 11) is 0. The van der Waals surface area contributed by atoms with Gasteiger partial charge in [0.1, 0.15) is 11.5 Å². The lowest BCUT2D eigenvalue weighted by Gasteiger charge is -2.13. The van der Waals surface area contributed by atoms with Gasteiger partial charge in [0.2, 0.25) is 0 Å². The van der Waals surface area contributed by atoms with Crippen LogP contribution in [-0.2, 0) is 0 Å². The number of pyridine rings is 1. The van der Waals surface area contributed by atoms with Gasteiger partial charge in [0.05, 0.1) is 0 Å². The Balaban J connectivity index is 2.56. The fraction of sp³-hybridized carbons (Fsp3) is 0.571. The number of rotatable bonds is 8. The summed E-state index contributed by atoms with van der Waals surface area (Å²) in [5.41, 5.74) is 0.470. The molecule has 1 aromatic rings. The maximum atomic E-state index is 12.0. The average Bonchev–Trinajstić information content (AvgIpc) is 2.43. The Morgan fingerprint density at radius 1 is 1.47 bits per heavy atom. The van der Waals surface area contributed by atoms with E-state index in [0.29, 0.717) is 5.69 Å². The second kappa shape index (κ2) is 8.80. The number of carbonyl (C=O) groups excluding carboxylic acids is 1. The van der Waals surface area contributed by atoms with Crippen LogP contribution in [0, 0.1) is 0 Å². The molecule has 106 valence electrons. The van der Waals surface area contributed by atoms with Crippen LogP contribution in [0.4, 0.5) is 5.82 Å². The fourth-order valence-corrected chi connectivity index (χ4v) is 2.17. The second-order valence-corrected chi connectivity index (χ2v) is 5.48. The number of hydrogen-bond acceptors (Lipinski definition) is 4. The lowest BCUT2D eigenvalue weighted by Crippen LogP contribution is -2.33. The number of thioether (sulfide) groups is 1. The summed E-state index contributed by atoms with van der Waals surface area (Å²) in [5, 5.41) is 6.15. The number of hydrogen-bond donors (Lipinski definition) is 2. The van der Waals surface area contributed by atoms with Crippen molar-refractivity contribution in [3.05, 3.63) is 23.9 Å². The third-order valence-electron chi connectivity index (χ3n) is 2.67. The van der Waals surface area contributed by atoms with Crippen molar-refractivity contribution in [2.45, 2.75) is 32.7 Å². The van der Waals surface area contributed by atoms with Gasteiger partial charge in [-0.25, -0.2) is 4.98 Å². The molecule has 0 bridgehead atoms. The molecule has 2 N–H and O–H groups in total. The van der Waals surface area contributed by atoms with Gasteiger partial charge < -0.3 is 10.6 Å². The van der Waals surface area contributed by atoms with Crippen LogP contribution in [0.3, 0.4) is 0 Å². The van der Waals surface area contributed by atoms with Crippen LogP contribution in [0.5, 0.6) is 0 Å². The van der Waals surface area contributed by atoms with E-state index in [2.05, 4.69) is 28.8 Å². The summed E-state index contributed by atoms with van der Waals surface area (Å²) in [6.07, 6.45) is 4.07. The molecule has 0 aliphatic heterocycles. The third kappa shape index (κ3) is 5.96. The molecule has 5 heteroatoms. The quantitative estimate of drug-likeness (QED) is 0.769. The molecule has 1 heterocycles. The van der Waals surface area contributed by atoms with E-state index in [1.54, 1.807) is 17.8 Å². The molecule has 0 saturated carbocycles. The topological polar surface area (TPSA) is 54.0 Å². The molecule has 1 atom stereocenters. The molecule has 0 aliphatic rings. The van der Waals surface area contributed by atoms with Gasteiger partial charge in [-0.15, -0.1) is 0 Å². The van der Waals surface area contributed by atoms with Crippen molar-refractivity contribution in [3.63, 3.8) is 0 Å². The first-order valence-corrected chi connectivity index (χ1v) is 8.07. The number of carbonyl (C=O) groups is 1. The standard InChI is InChI=1S/C14H23N3OS/c1-4-9-15-13-7-5-6-12(17-13)14(18)16-11(2)8-10-19-3/h5-7,11H,4,8-10H2,1-3H3,(H,15,17)(H,16,18). The van der Waals surface area contributed by atoms with Gasteiger partial charge in [0.25, 0.3) is 5.91 Å². The molecule has 0 aliphatic carbocycles. The minimum atomic E-state index is -0.103. The van der Waals surface area contributed by atoms with Gasteiger partial charge in [-0.1, -0.05) is 13.0 Å². The maximum absolute atomic E-state index is 12.0. The van der Waals surface area contributed by atoms with Crippen LogP contribution in [0.15, 0.2) is 18.2 Å². The first-order chi connectivity index (χ1) is 9.17. The number of amides is 1. The summed E-state index contributed by atoms with van der Waals surface area (Å²) in [4.78, 5) is 16.4. The van der Waals surface area contributed by atoms with E-state index in [0.717, 1.165) is 31.0 Å². The number of nitrogens with zero attached hydrogens (tertiary/aromatic N) is 1. The summed E-state index contributed by atoms with van der Waals surface area (Å²) >= 11 is 1.79. The van der Waals surface area contributed by atoms with Crippen LogP contribution in [-0.4, -0.2) is 35.5 Å². The van der Waals surface area contributed by atoms with E-state index in [1.165, 1.54) is 0 Å². The molecule has 0 saturated heterocycles. The van der Waals surface area contributed by atoms with Gasteiger partial charge in [-0.2, -0.15) is 11.8 Å². The lowest BCUT2D eigenvalue weighted by molar-refractivity contribution is 0.0934. The lowest BCUT2D eigenvalue weighted by atomic mass is 10.2. The molecule has 0 aromatic carbocycles. The predicted molar refractivity (Wildman–Crippen MR) is 82.9 cm³/mol. The highest BCUT2D eigenvalue weighted by atomic mass is 32.2. The predicted octanol–water partition coefficient (Wildman–Crippen LogP) is 2.77. The third-order valence-corrected chi connectivity index (χ3v) is 3.31. The number of aromatic nitrogens is 1.